The molecule has 110 valence electrons. The van der Waals surface area contributed by atoms with Crippen LogP contribution in [0.4, 0.5) is 10.3 Å². The van der Waals surface area contributed by atoms with E-state index in [4.69, 9.17) is 0 Å². The second-order valence-electron chi connectivity index (χ2n) is 4.83. The van der Waals surface area contributed by atoms with E-state index < -0.39 is 11.4 Å². The molecule has 3 rings (SSSR count). The molecule has 1 fully saturated rings. The predicted molar refractivity (Wildman–Crippen MR) is 77.0 cm³/mol. The van der Waals surface area contributed by atoms with Crippen molar-refractivity contribution in [1.29, 1.82) is 0 Å². The Hall–Kier alpha value is -2.41. The molecule has 0 amide bonds. The number of rotatable bonds is 2. The lowest BCUT2D eigenvalue weighted by Crippen LogP contribution is -2.44. The first-order valence-electron chi connectivity index (χ1n) is 6.70. The predicted octanol–water partition coefficient (Wildman–Crippen LogP) is 0.691. The van der Waals surface area contributed by atoms with Crippen LogP contribution in [0.25, 0.3) is 11.1 Å². The van der Waals surface area contributed by atoms with Gasteiger partial charge in [-0.3, -0.25) is 9.78 Å². The van der Waals surface area contributed by atoms with Crippen molar-refractivity contribution in [2.45, 2.75) is 0 Å². The summed E-state index contributed by atoms with van der Waals surface area (Å²) in [6, 6.07) is 5.34. The average Bonchev–Trinajstić information content (AvgIpc) is 2.49. The maximum Gasteiger partial charge on any atom is 0.264 e. The molecule has 1 saturated heterocycles. The molecule has 2 aromatic rings. The lowest BCUT2D eigenvalue weighted by Gasteiger charge is -2.27. The molecule has 0 atom stereocenters. The van der Waals surface area contributed by atoms with Crippen molar-refractivity contribution in [3.63, 3.8) is 0 Å². The number of nitrogens with zero attached hydrogens (tertiary/aromatic N) is 2. The number of halogens is 1. The smallest absolute Gasteiger partial charge is 0.264 e. The van der Waals surface area contributed by atoms with Crippen LogP contribution in [0.1, 0.15) is 0 Å². The van der Waals surface area contributed by atoms with E-state index >= 15 is 0 Å². The molecule has 0 unspecified atom stereocenters. The number of hydrogen-bond acceptors (Lipinski definition) is 5. The number of piperazine rings is 1. The fourth-order valence-corrected chi connectivity index (χ4v) is 2.35. The van der Waals surface area contributed by atoms with Crippen LogP contribution >= 0.6 is 0 Å². The molecule has 0 saturated carbocycles. The zero-order valence-electron chi connectivity index (χ0n) is 11.3. The van der Waals surface area contributed by atoms with Crippen molar-refractivity contribution >= 4 is 5.95 Å². The number of aromatic hydroxyl groups is 1. The molecular weight excluding hydrogens is 275 g/mol. The van der Waals surface area contributed by atoms with E-state index in [2.05, 4.69) is 15.3 Å². The molecule has 1 aromatic carbocycles. The number of hydrogen-bond donors (Lipinski definition) is 3. The molecule has 1 aromatic heterocycles. The van der Waals surface area contributed by atoms with E-state index in [1.54, 1.807) is 0 Å². The first-order chi connectivity index (χ1) is 10.1. The Labute approximate surface area is 120 Å². The van der Waals surface area contributed by atoms with Crippen LogP contribution in [0.5, 0.6) is 5.88 Å². The summed E-state index contributed by atoms with van der Waals surface area (Å²) in [7, 11) is 0. The highest BCUT2D eigenvalue weighted by Gasteiger charge is 2.18. The summed E-state index contributed by atoms with van der Waals surface area (Å²) in [5, 5.41) is 13.3. The van der Waals surface area contributed by atoms with Gasteiger partial charge in [-0.1, -0.05) is 12.1 Å². The minimum atomic E-state index is -0.442. The Bertz CT molecular complexity index is 693. The number of nitrogens with one attached hydrogen (secondary N) is 2. The summed E-state index contributed by atoms with van der Waals surface area (Å²) in [4.78, 5) is 20.8. The van der Waals surface area contributed by atoms with Gasteiger partial charge in [0.1, 0.15) is 11.4 Å². The maximum absolute atomic E-state index is 12.9. The Kier molecular flexibility index (Phi) is 3.57. The summed E-state index contributed by atoms with van der Waals surface area (Å²) in [5.41, 5.74) is 0.0334. The molecule has 0 radical (unpaired) electrons. The van der Waals surface area contributed by atoms with Crippen LogP contribution in [-0.2, 0) is 0 Å². The number of aromatic amines is 1. The second-order valence-corrected chi connectivity index (χ2v) is 4.83. The van der Waals surface area contributed by atoms with Crippen molar-refractivity contribution in [3.8, 4) is 17.0 Å². The molecule has 7 heteroatoms. The number of H-pyrrole nitrogens is 1. The van der Waals surface area contributed by atoms with E-state index in [1.165, 1.54) is 24.3 Å². The molecule has 3 N–H and O–H groups in total. The van der Waals surface area contributed by atoms with Crippen molar-refractivity contribution in [2.24, 2.45) is 0 Å². The van der Waals surface area contributed by atoms with Gasteiger partial charge in [-0.05, 0) is 17.7 Å². The van der Waals surface area contributed by atoms with E-state index in [0.717, 1.165) is 13.1 Å². The van der Waals surface area contributed by atoms with Gasteiger partial charge in [0.05, 0.1) is 0 Å². The highest BCUT2D eigenvalue weighted by molar-refractivity contribution is 5.67. The van der Waals surface area contributed by atoms with E-state index in [0.29, 0.717) is 24.6 Å². The normalized spacial score (nSPS) is 15.2. The lowest BCUT2D eigenvalue weighted by molar-refractivity contribution is 0.451. The molecule has 6 nitrogen and oxygen atoms in total. The largest absolute Gasteiger partial charge is 0.493 e. The molecule has 0 bridgehead atoms. The fourth-order valence-electron chi connectivity index (χ4n) is 2.35. The molecule has 1 aliphatic rings. The molecular formula is C14H15FN4O2. The van der Waals surface area contributed by atoms with Crippen LogP contribution in [0.15, 0.2) is 29.1 Å². The zero-order chi connectivity index (χ0) is 14.8. The molecule has 0 spiro atoms. The van der Waals surface area contributed by atoms with Crippen molar-refractivity contribution in [1.82, 2.24) is 15.3 Å². The van der Waals surface area contributed by atoms with Gasteiger partial charge in [-0.25, -0.2) is 4.39 Å². The summed E-state index contributed by atoms with van der Waals surface area (Å²) in [6.07, 6.45) is 0. The summed E-state index contributed by atoms with van der Waals surface area (Å²) < 4.78 is 12.9. The van der Waals surface area contributed by atoms with Gasteiger partial charge in [-0.15, -0.1) is 0 Å². The third-order valence-electron chi connectivity index (χ3n) is 3.44. The third-order valence-corrected chi connectivity index (χ3v) is 3.44. The fraction of sp³-hybridized carbons (Fsp3) is 0.286. The Morgan fingerprint density at radius 2 is 1.86 bits per heavy atom. The van der Waals surface area contributed by atoms with Crippen LogP contribution in [0.3, 0.4) is 0 Å². The number of anilines is 1. The molecule has 1 aliphatic heterocycles. The molecule has 21 heavy (non-hydrogen) atoms. The monoisotopic (exact) mass is 290 g/mol. The number of aromatic nitrogens is 2. The van der Waals surface area contributed by atoms with E-state index in [9.17, 15) is 14.3 Å². The van der Waals surface area contributed by atoms with Gasteiger partial charge >= 0.3 is 0 Å². The van der Waals surface area contributed by atoms with E-state index in [-0.39, 0.29) is 11.4 Å². The average molecular weight is 290 g/mol. The van der Waals surface area contributed by atoms with Crippen LogP contribution in [0, 0.1) is 5.82 Å². The van der Waals surface area contributed by atoms with Crippen LogP contribution in [0.2, 0.25) is 0 Å². The maximum atomic E-state index is 12.9. The highest BCUT2D eigenvalue weighted by atomic mass is 19.1. The van der Waals surface area contributed by atoms with Crippen molar-refractivity contribution < 1.29 is 9.50 Å². The summed E-state index contributed by atoms with van der Waals surface area (Å²) >= 11 is 0. The zero-order valence-corrected chi connectivity index (χ0v) is 11.3. The second kappa shape index (κ2) is 5.53. The van der Waals surface area contributed by atoms with Gasteiger partial charge in [0.2, 0.25) is 11.8 Å². The van der Waals surface area contributed by atoms with Crippen molar-refractivity contribution in [3.05, 3.63) is 40.4 Å². The highest BCUT2D eigenvalue weighted by Crippen LogP contribution is 2.25. The quantitative estimate of drug-likeness (QED) is 0.758. The third kappa shape index (κ3) is 2.73. The van der Waals surface area contributed by atoms with Gasteiger partial charge < -0.3 is 15.3 Å². The Morgan fingerprint density at radius 3 is 2.48 bits per heavy atom. The summed E-state index contributed by atoms with van der Waals surface area (Å²) in [5.74, 6) is -0.399. The SMILES string of the molecule is O=c1[nH]c(N2CCNCC2)nc(O)c1-c1ccc(F)cc1. The molecule has 2 heterocycles. The van der Waals surface area contributed by atoms with Crippen LogP contribution in [-0.4, -0.2) is 41.3 Å². The Morgan fingerprint density at radius 1 is 1.19 bits per heavy atom. The molecule has 0 aliphatic carbocycles. The number of benzene rings is 1. The minimum absolute atomic E-state index is 0.0499. The standard InChI is InChI=1S/C14H15FN4O2/c15-10-3-1-9(2-4-10)11-12(20)17-14(18-13(11)21)19-7-5-16-6-8-19/h1-4,16H,5-8H2,(H2,17,18,20,21). The Balaban J connectivity index is 2.00. The van der Waals surface area contributed by atoms with Crippen LogP contribution < -0.4 is 15.8 Å². The van der Waals surface area contributed by atoms with Gasteiger partial charge in [0.25, 0.3) is 5.56 Å². The van der Waals surface area contributed by atoms with E-state index in [1.807, 2.05) is 4.90 Å². The summed E-state index contributed by atoms with van der Waals surface area (Å²) in [6.45, 7) is 3.00. The first-order valence-corrected chi connectivity index (χ1v) is 6.70. The van der Waals surface area contributed by atoms with Gasteiger partial charge in [0.15, 0.2) is 0 Å². The lowest BCUT2D eigenvalue weighted by atomic mass is 10.1. The first kappa shape index (κ1) is 13.6. The van der Waals surface area contributed by atoms with Crippen molar-refractivity contribution in [2.75, 3.05) is 31.1 Å². The van der Waals surface area contributed by atoms with Gasteiger partial charge in [-0.2, -0.15) is 4.98 Å². The minimum Gasteiger partial charge on any atom is -0.493 e. The van der Waals surface area contributed by atoms with Gasteiger partial charge in [0, 0.05) is 26.2 Å². The topological polar surface area (TPSA) is 81.2 Å².